The van der Waals surface area contributed by atoms with E-state index in [9.17, 15) is 8.42 Å². The second-order valence-electron chi connectivity index (χ2n) is 3.53. The first-order chi connectivity index (χ1) is 8.86. The van der Waals surface area contributed by atoms with Crippen molar-refractivity contribution in [2.45, 2.75) is 18.4 Å². The highest BCUT2D eigenvalue weighted by atomic mass is 79.9. The number of rotatable bonds is 4. The van der Waals surface area contributed by atoms with Crippen LogP contribution >= 0.6 is 26.6 Å². The van der Waals surface area contributed by atoms with E-state index in [1.165, 1.54) is 12.1 Å². The number of nitrogens with zero attached hydrogens (tertiary/aromatic N) is 2. The van der Waals surface area contributed by atoms with Crippen LogP contribution in [0.25, 0.3) is 0 Å². The van der Waals surface area contributed by atoms with Crippen molar-refractivity contribution in [2.24, 2.45) is 0 Å². The van der Waals surface area contributed by atoms with Crippen molar-refractivity contribution in [2.75, 3.05) is 0 Å². The molecule has 0 aliphatic carbocycles. The van der Waals surface area contributed by atoms with Crippen molar-refractivity contribution in [3.63, 3.8) is 0 Å². The van der Waals surface area contributed by atoms with Crippen LogP contribution < -0.4 is 4.74 Å². The van der Waals surface area contributed by atoms with E-state index in [-0.39, 0.29) is 23.1 Å². The van der Waals surface area contributed by atoms with E-state index >= 15 is 0 Å². The summed E-state index contributed by atoms with van der Waals surface area (Å²) in [6.07, 6.45) is 0. The van der Waals surface area contributed by atoms with Gasteiger partial charge in [0.2, 0.25) is 5.89 Å². The van der Waals surface area contributed by atoms with Crippen molar-refractivity contribution in [1.82, 2.24) is 10.2 Å². The van der Waals surface area contributed by atoms with Gasteiger partial charge < -0.3 is 9.15 Å². The second kappa shape index (κ2) is 5.48. The zero-order valence-corrected chi connectivity index (χ0v) is 12.8. The van der Waals surface area contributed by atoms with E-state index in [1.807, 2.05) is 0 Å². The molecular formula is C10H8BrClN2O4S. The number of halogens is 2. The van der Waals surface area contributed by atoms with E-state index in [4.69, 9.17) is 19.8 Å². The van der Waals surface area contributed by atoms with Crippen LogP contribution in [0.2, 0.25) is 0 Å². The number of aromatic nitrogens is 2. The van der Waals surface area contributed by atoms with Gasteiger partial charge in [-0.05, 0) is 18.2 Å². The maximum atomic E-state index is 11.4. The predicted octanol–water partition coefficient (Wildman–Crippen LogP) is 2.65. The summed E-state index contributed by atoms with van der Waals surface area (Å²) in [7, 11) is 1.44. The number of hydrogen-bond donors (Lipinski definition) is 0. The van der Waals surface area contributed by atoms with Crippen molar-refractivity contribution >= 4 is 35.7 Å². The highest BCUT2D eigenvalue weighted by Gasteiger charge is 2.18. The number of ether oxygens (including phenoxy) is 1. The Morgan fingerprint density at radius 1 is 1.42 bits per heavy atom. The molecule has 0 atom stereocenters. The summed E-state index contributed by atoms with van der Waals surface area (Å²) in [4.78, 5) is -0.125. The summed E-state index contributed by atoms with van der Waals surface area (Å²) >= 11 is 3.17. The third kappa shape index (κ3) is 3.68. The molecule has 0 aliphatic heterocycles. The van der Waals surface area contributed by atoms with Gasteiger partial charge in [0.15, 0.2) is 6.61 Å². The summed E-state index contributed by atoms with van der Waals surface area (Å²) in [5.74, 6) is 0.770. The Balaban J connectivity index is 2.25. The lowest BCUT2D eigenvalue weighted by molar-refractivity contribution is 0.254. The molecule has 0 fully saturated rings. The van der Waals surface area contributed by atoms with Gasteiger partial charge in [-0.25, -0.2) is 8.42 Å². The molecule has 19 heavy (non-hydrogen) atoms. The van der Waals surface area contributed by atoms with Crippen LogP contribution in [0, 0.1) is 6.92 Å². The highest BCUT2D eigenvalue weighted by Crippen LogP contribution is 2.30. The van der Waals surface area contributed by atoms with Gasteiger partial charge in [-0.1, -0.05) is 15.9 Å². The minimum absolute atomic E-state index is 0.0398. The van der Waals surface area contributed by atoms with Crippen LogP contribution in [0.15, 0.2) is 32.0 Å². The summed E-state index contributed by atoms with van der Waals surface area (Å²) in [6.45, 7) is 1.60. The van der Waals surface area contributed by atoms with Crippen molar-refractivity contribution in [3.8, 4) is 5.75 Å². The Morgan fingerprint density at radius 3 is 2.74 bits per heavy atom. The largest absolute Gasteiger partial charge is 0.482 e. The standard InChI is InChI=1S/C10H8BrClN2O4S/c1-6-13-14-10(18-6)5-17-8-3-2-7(11)4-9(8)19(12,15)16/h2-4H,5H2,1H3. The second-order valence-corrected chi connectivity index (χ2v) is 6.98. The molecule has 0 spiro atoms. The lowest BCUT2D eigenvalue weighted by Crippen LogP contribution is -2.01. The van der Waals surface area contributed by atoms with Gasteiger partial charge in [0.05, 0.1) is 0 Å². The molecule has 2 aromatic rings. The van der Waals surface area contributed by atoms with Crippen LogP contribution in [0.4, 0.5) is 0 Å². The summed E-state index contributed by atoms with van der Waals surface area (Å²) in [6, 6.07) is 4.49. The third-order valence-corrected chi connectivity index (χ3v) is 3.92. The van der Waals surface area contributed by atoms with Crippen LogP contribution in [-0.2, 0) is 15.7 Å². The maximum absolute atomic E-state index is 11.4. The summed E-state index contributed by atoms with van der Waals surface area (Å²) in [5.41, 5.74) is 0. The van der Waals surface area contributed by atoms with Crippen LogP contribution in [0.3, 0.4) is 0 Å². The monoisotopic (exact) mass is 366 g/mol. The predicted molar refractivity (Wildman–Crippen MR) is 70.5 cm³/mol. The SMILES string of the molecule is Cc1nnc(COc2ccc(Br)cc2S(=O)(=O)Cl)o1. The van der Waals surface area contributed by atoms with Gasteiger partial charge in [0.25, 0.3) is 14.9 Å². The van der Waals surface area contributed by atoms with E-state index in [0.717, 1.165) is 0 Å². The van der Waals surface area contributed by atoms with Gasteiger partial charge in [-0.3, -0.25) is 0 Å². The van der Waals surface area contributed by atoms with E-state index < -0.39 is 9.05 Å². The van der Waals surface area contributed by atoms with E-state index in [0.29, 0.717) is 10.4 Å². The molecule has 1 aromatic heterocycles. The molecule has 9 heteroatoms. The molecule has 1 aromatic carbocycles. The Hall–Kier alpha value is -1.12. The third-order valence-electron chi connectivity index (χ3n) is 2.09. The molecule has 2 rings (SSSR count). The van der Waals surface area contributed by atoms with E-state index in [1.54, 1.807) is 13.0 Å². The molecule has 0 amide bonds. The molecule has 0 bridgehead atoms. The van der Waals surface area contributed by atoms with Gasteiger partial charge in [-0.2, -0.15) is 0 Å². The van der Waals surface area contributed by atoms with Crippen LogP contribution in [0.5, 0.6) is 5.75 Å². The molecule has 1 heterocycles. The molecule has 0 saturated heterocycles. The van der Waals surface area contributed by atoms with Crippen LogP contribution in [-0.4, -0.2) is 18.6 Å². The number of benzene rings is 1. The molecule has 0 radical (unpaired) electrons. The Morgan fingerprint density at radius 2 is 2.16 bits per heavy atom. The van der Waals surface area contributed by atoms with Gasteiger partial charge in [-0.15, -0.1) is 10.2 Å². The first kappa shape index (κ1) is 14.3. The minimum atomic E-state index is -3.90. The average molecular weight is 368 g/mol. The van der Waals surface area contributed by atoms with Gasteiger partial charge in [0, 0.05) is 22.1 Å². The molecular weight excluding hydrogens is 360 g/mol. The van der Waals surface area contributed by atoms with E-state index in [2.05, 4.69) is 26.1 Å². The first-order valence-electron chi connectivity index (χ1n) is 5.02. The highest BCUT2D eigenvalue weighted by molar-refractivity contribution is 9.10. The van der Waals surface area contributed by atoms with Crippen molar-refractivity contribution in [1.29, 1.82) is 0 Å². The lowest BCUT2D eigenvalue weighted by atomic mass is 10.3. The number of aryl methyl sites for hydroxylation is 1. The normalized spacial score (nSPS) is 11.5. The zero-order valence-electron chi connectivity index (χ0n) is 9.63. The topological polar surface area (TPSA) is 82.3 Å². The molecule has 0 unspecified atom stereocenters. The summed E-state index contributed by atoms with van der Waals surface area (Å²) < 4.78 is 33.9. The number of hydrogen-bond acceptors (Lipinski definition) is 6. The fourth-order valence-corrected chi connectivity index (χ4v) is 2.84. The quantitative estimate of drug-likeness (QED) is 0.773. The van der Waals surface area contributed by atoms with Gasteiger partial charge >= 0.3 is 0 Å². The van der Waals surface area contributed by atoms with Gasteiger partial charge in [0.1, 0.15) is 10.6 Å². The smallest absolute Gasteiger partial charge is 0.265 e. The average Bonchev–Trinajstić information content (AvgIpc) is 2.72. The fourth-order valence-electron chi connectivity index (χ4n) is 1.33. The minimum Gasteiger partial charge on any atom is -0.482 e. The Bertz CT molecular complexity index is 701. The first-order valence-corrected chi connectivity index (χ1v) is 8.12. The Labute approximate surface area is 122 Å². The zero-order chi connectivity index (χ0) is 14.0. The summed E-state index contributed by atoms with van der Waals surface area (Å²) in [5, 5.41) is 7.37. The molecule has 0 saturated carbocycles. The molecule has 0 N–H and O–H groups in total. The van der Waals surface area contributed by atoms with Crippen LogP contribution in [0.1, 0.15) is 11.8 Å². The lowest BCUT2D eigenvalue weighted by Gasteiger charge is -2.08. The maximum Gasteiger partial charge on any atom is 0.265 e. The fraction of sp³-hybridized carbons (Fsp3) is 0.200. The van der Waals surface area contributed by atoms with Crippen molar-refractivity contribution < 1.29 is 17.6 Å². The van der Waals surface area contributed by atoms with Crippen molar-refractivity contribution in [3.05, 3.63) is 34.5 Å². The Kier molecular flexibility index (Phi) is 4.12. The molecule has 102 valence electrons. The molecule has 0 aliphatic rings. The molecule has 6 nitrogen and oxygen atoms in total.